The molecule has 2 fully saturated rings. The van der Waals surface area contributed by atoms with E-state index in [0.717, 1.165) is 51.6 Å². The molecule has 1 saturated carbocycles. The van der Waals surface area contributed by atoms with Gasteiger partial charge in [0, 0.05) is 24.7 Å². The lowest BCUT2D eigenvalue weighted by Crippen LogP contribution is -2.38. The highest BCUT2D eigenvalue weighted by atomic mass is 32.2. The van der Waals surface area contributed by atoms with E-state index in [9.17, 15) is 13.2 Å². The van der Waals surface area contributed by atoms with Crippen molar-refractivity contribution in [3.63, 3.8) is 0 Å². The molecule has 0 atom stereocenters. The van der Waals surface area contributed by atoms with Gasteiger partial charge in [0.15, 0.2) is 0 Å². The van der Waals surface area contributed by atoms with E-state index >= 15 is 0 Å². The molecular formula is C18H26N2O3S. The first-order chi connectivity index (χ1) is 11.5. The third-order valence-corrected chi connectivity index (χ3v) is 6.70. The largest absolute Gasteiger partial charge is 0.339 e. The molecule has 1 aromatic rings. The summed E-state index contributed by atoms with van der Waals surface area (Å²) in [7, 11) is -3.49. The van der Waals surface area contributed by atoms with Crippen LogP contribution in [0.15, 0.2) is 29.2 Å². The molecule has 1 heterocycles. The molecule has 1 aromatic carbocycles. The highest BCUT2D eigenvalue weighted by Crippen LogP contribution is 2.22. The first-order valence-corrected chi connectivity index (χ1v) is 10.4. The Hall–Kier alpha value is -1.40. The third-order valence-electron chi connectivity index (χ3n) is 5.16. The minimum absolute atomic E-state index is 0.00500. The number of rotatable bonds is 4. The lowest BCUT2D eigenvalue weighted by atomic mass is 9.98. The summed E-state index contributed by atoms with van der Waals surface area (Å²) in [4.78, 5) is 14.6. The quantitative estimate of drug-likeness (QED) is 0.908. The minimum atomic E-state index is -3.49. The van der Waals surface area contributed by atoms with Gasteiger partial charge in [-0.25, -0.2) is 13.1 Å². The number of carbonyl (C=O) groups excluding carboxylic acids is 1. The van der Waals surface area contributed by atoms with Crippen LogP contribution in [0.25, 0.3) is 0 Å². The molecule has 132 valence electrons. The molecule has 0 bridgehead atoms. The van der Waals surface area contributed by atoms with Crippen LogP contribution in [0.2, 0.25) is 0 Å². The van der Waals surface area contributed by atoms with Crippen LogP contribution in [0, 0.1) is 5.92 Å². The van der Waals surface area contributed by atoms with Gasteiger partial charge in [-0.3, -0.25) is 4.79 Å². The third kappa shape index (κ3) is 3.98. The predicted octanol–water partition coefficient (Wildman–Crippen LogP) is 2.78. The van der Waals surface area contributed by atoms with Gasteiger partial charge in [-0.1, -0.05) is 19.8 Å². The maximum atomic E-state index is 12.5. The van der Waals surface area contributed by atoms with Gasteiger partial charge in [0.25, 0.3) is 5.91 Å². The summed E-state index contributed by atoms with van der Waals surface area (Å²) >= 11 is 0. The van der Waals surface area contributed by atoms with E-state index in [2.05, 4.69) is 11.6 Å². The summed E-state index contributed by atoms with van der Waals surface area (Å²) in [6.07, 6.45) is 6.03. The summed E-state index contributed by atoms with van der Waals surface area (Å²) in [6, 6.07) is 6.38. The van der Waals surface area contributed by atoms with Crippen molar-refractivity contribution < 1.29 is 13.2 Å². The Morgan fingerprint density at radius 1 is 1.04 bits per heavy atom. The molecule has 2 aliphatic rings. The van der Waals surface area contributed by atoms with Crippen molar-refractivity contribution in [3.8, 4) is 0 Å². The molecule has 0 radical (unpaired) electrons. The van der Waals surface area contributed by atoms with E-state index in [1.807, 2.05) is 4.90 Å². The van der Waals surface area contributed by atoms with Gasteiger partial charge in [0.2, 0.25) is 10.0 Å². The number of hydrogen-bond donors (Lipinski definition) is 1. The first-order valence-electron chi connectivity index (χ1n) is 8.87. The Morgan fingerprint density at radius 2 is 1.62 bits per heavy atom. The molecule has 1 N–H and O–H groups in total. The Morgan fingerprint density at radius 3 is 2.21 bits per heavy atom. The van der Waals surface area contributed by atoms with Crippen LogP contribution >= 0.6 is 0 Å². The first kappa shape index (κ1) is 17.4. The van der Waals surface area contributed by atoms with Crippen molar-refractivity contribution in [2.24, 2.45) is 5.92 Å². The van der Waals surface area contributed by atoms with Crippen LogP contribution in [-0.2, 0) is 10.0 Å². The SMILES string of the molecule is CC1CCN(C(=O)c2ccc(S(=O)(=O)NC3CCCC3)cc2)CC1. The number of carbonyl (C=O) groups is 1. The maximum Gasteiger partial charge on any atom is 0.253 e. The molecule has 1 aliphatic carbocycles. The van der Waals surface area contributed by atoms with Gasteiger partial charge >= 0.3 is 0 Å². The lowest BCUT2D eigenvalue weighted by Gasteiger charge is -2.30. The van der Waals surface area contributed by atoms with Gasteiger partial charge < -0.3 is 4.90 Å². The Balaban J connectivity index is 1.67. The normalized spacial score (nSPS) is 20.5. The summed E-state index contributed by atoms with van der Waals surface area (Å²) in [5, 5.41) is 0. The van der Waals surface area contributed by atoms with Gasteiger partial charge in [0.05, 0.1) is 4.90 Å². The zero-order valence-corrected chi connectivity index (χ0v) is 15.0. The Labute approximate surface area is 144 Å². The smallest absolute Gasteiger partial charge is 0.253 e. The molecule has 6 heteroatoms. The van der Waals surface area contributed by atoms with Crippen LogP contribution in [0.1, 0.15) is 55.8 Å². The van der Waals surface area contributed by atoms with Crippen molar-refractivity contribution >= 4 is 15.9 Å². The molecule has 5 nitrogen and oxygen atoms in total. The number of benzene rings is 1. The van der Waals surface area contributed by atoms with Crippen molar-refractivity contribution in [1.29, 1.82) is 0 Å². The van der Waals surface area contributed by atoms with E-state index < -0.39 is 10.0 Å². The average Bonchev–Trinajstić information content (AvgIpc) is 3.07. The number of likely N-dealkylation sites (tertiary alicyclic amines) is 1. The molecule has 0 aromatic heterocycles. The van der Waals surface area contributed by atoms with E-state index in [0.29, 0.717) is 11.5 Å². The van der Waals surface area contributed by atoms with Crippen LogP contribution in [-0.4, -0.2) is 38.4 Å². The molecule has 1 aliphatic heterocycles. The Kier molecular flexibility index (Phi) is 5.25. The van der Waals surface area contributed by atoms with E-state index in [1.54, 1.807) is 12.1 Å². The predicted molar refractivity (Wildman–Crippen MR) is 93.3 cm³/mol. The van der Waals surface area contributed by atoms with Crippen molar-refractivity contribution in [2.45, 2.75) is 56.4 Å². The number of nitrogens with zero attached hydrogens (tertiary/aromatic N) is 1. The topological polar surface area (TPSA) is 66.5 Å². The second-order valence-corrected chi connectivity index (χ2v) is 8.82. The summed E-state index contributed by atoms with van der Waals surface area (Å²) in [6.45, 7) is 3.77. The lowest BCUT2D eigenvalue weighted by molar-refractivity contribution is 0.0697. The summed E-state index contributed by atoms with van der Waals surface area (Å²) in [5.41, 5.74) is 0.560. The number of hydrogen-bond acceptors (Lipinski definition) is 3. The fourth-order valence-electron chi connectivity index (χ4n) is 3.50. The number of nitrogens with one attached hydrogen (secondary N) is 1. The fraction of sp³-hybridized carbons (Fsp3) is 0.611. The van der Waals surface area contributed by atoms with Gasteiger partial charge in [-0.05, 0) is 55.9 Å². The van der Waals surface area contributed by atoms with Crippen LogP contribution in [0.5, 0.6) is 0 Å². The van der Waals surface area contributed by atoms with Crippen LogP contribution in [0.3, 0.4) is 0 Å². The zero-order valence-electron chi connectivity index (χ0n) is 14.2. The van der Waals surface area contributed by atoms with Crippen LogP contribution < -0.4 is 4.72 Å². The van der Waals surface area contributed by atoms with Crippen LogP contribution in [0.4, 0.5) is 0 Å². The molecule has 0 unspecified atom stereocenters. The second kappa shape index (κ2) is 7.23. The molecule has 1 saturated heterocycles. The zero-order chi connectivity index (χ0) is 17.2. The van der Waals surface area contributed by atoms with Crippen molar-refractivity contribution in [2.75, 3.05) is 13.1 Å². The molecule has 3 rings (SSSR count). The van der Waals surface area contributed by atoms with Crippen molar-refractivity contribution in [3.05, 3.63) is 29.8 Å². The number of amides is 1. The Bertz CT molecular complexity index is 671. The fourth-order valence-corrected chi connectivity index (χ4v) is 4.81. The summed E-state index contributed by atoms with van der Waals surface area (Å²) < 4.78 is 27.6. The van der Waals surface area contributed by atoms with E-state index in [4.69, 9.17) is 0 Å². The van der Waals surface area contributed by atoms with E-state index in [-0.39, 0.29) is 16.8 Å². The number of sulfonamides is 1. The van der Waals surface area contributed by atoms with Crippen molar-refractivity contribution in [1.82, 2.24) is 9.62 Å². The van der Waals surface area contributed by atoms with E-state index in [1.165, 1.54) is 12.1 Å². The maximum absolute atomic E-state index is 12.5. The second-order valence-electron chi connectivity index (χ2n) is 7.10. The monoisotopic (exact) mass is 350 g/mol. The number of piperidine rings is 1. The highest BCUT2D eigenvalue weighted by molar-refractivity contribution is 7.89. The van der Waals surface area contributed by atoms with Gasteiger partial charge in [-0.2, -0.15) is 0 Å². The standard InChI is InChI=1S/C18H26N2O3S/c1-14-10-12-20(13-11-14)18(21)15-6-8-17(9-7-15)24(22,23)19-16-4-2-3-5-16/h6-9,14,16,19H,2-5,10-13H2,1H3. The molecule has 1 amide bonds. The minimum Gasteiger partial charge on any atom is -0.339 e. The molecule has 0 spiro atoms. The molecular weight excluding hydrogens is 324 g/mol. The summed E-state index contributed by atoms with van der Waals surface area (Å²) in [5.74, 6) is 0.665. The van der Waals surface area contributed by atoms with Gasteiger partial charge in [0.1, 0.15) is 0 Å². The highest BCUT2D eigenvalue weighted by Gasteiger charge is 2.24. The van der Waals surface area contributed by atoms with Gasteiger partial charge in [-0.15, -0.1) is 0 Å². The average molecular weight is 350 g/mol. The molecule has 24 heavy (non-hydrogen) atoms.